The minimum Gasteiger partial charge on any atom is -0.495 e. The topological polar surface area (TPSA) is 64.3 Å². The van der Waals surface area contributed by atoms with Crippen LogP contribution in [0.5, 0.6) is 5.75 Å². The van der Waals surface area contributed by atoms with Gasteiger partial charge in [0.25, 0.3) is 5.91 Å². The zero-order valence-corrected chi connectivity index (χ0v) is 12.5. The summed E-state index contributed by atoms with van der Waals surface area (Å²) in [5.74, 6) is 0.544. The van der Waals surface area contributed by atoms with Crippen molar-refractivity contribution in [2.75, 3.05) is 12.8 Å². The van der Waals surface area contributed by atoms with Crippen LogP contribution in [0.3, 0.4) is 0 Å². The Hall–Kier alpha value is -1.71. The minimum atomic E-state index is -0.0537. The number of hydrogen-bond donors (Lipinski definition) is 2. The van der Waals surface area contributed by atoms with Gasteiger partial charge in [-0.1, -0.05) is 20.3 Å². The quantitative estimate of drug-likeness (QED) is 0.834. The van der Waals surface area contributed by atoms with Gasteiger partial charge in [0, 0.05) is 11.6 Å². The largest absolute Gasteiger partial charge is 0.495 e. The molecule has 0 heterocycles. The zero-order valence-electron chi connectivity index (χ0n) is 12.5. The molecule has 1 fully saturated rings. The number of methoxy groups -OCH3 is 1. The second-order valence-electron chi connectivity index (χ2n) is 6.39. The molecule has 3 N–H and O–H groups in total. The van der Waals surface area contributed by atoms with Crippen molar-refractivity contribution in [3.63, 3.8) is 0 Å². The van der Waals surface area contributed by atoms with Crippen molar-refractivity contribution in [2.24, 2.45) is 5.41 Å². The molecule has 1 amide bonds. The van der Waals surface area contributed by atoms with E-state index in [2.05, 4.69) is 19.2 Å². The third-order valence-electron chi connectivity index (χ3n) is 4.03. The lowest BCUT2D eigenvalue weighted by atomic mass is 9.75. The van der Waals surface area contributed by atoms with Gasteiger partial charge < -0.3 is 15.8 Å². The molecule has 0 radical (unpaired) electrons. The van der Waals surface area contributed by atoms with Crippen molar-refractivity contribution < 1.29 is 9.53 Å². The molecule has 0 spiro atoms. The minimum absolute atomic E-state index is 0.0537. The number of benzene rings is 1. The van der Waals surface area contributed by atoms with Gasteiger partial charge >= 0.3 is 0 Å². The number of carbonyl (C=O) groups is 1. The third-order valence-corrected chi connectivity index (χ3v) is 4.03. The number of carbonyl (C=O) groups excluding carboxylic acids is 1. The smallest absolute Gasteiger partial charge is 0.251 e. The molecule has 0 aromatic heterocycles. The second-order valence-corrected chi connectivity index (χ2v) is 6.39. The first-order valence-corrected chi connectivity index (χ1v) is 7.16. The summed E-state index contributed by atoms with van der Waals surface area (Å²) < 4.78 is 5.10. The van der Waals surface area contributed by atoms with E-state index in [0.717, 1.165) is 12.8 Å². The lowest BCUT2D eigenvalue weighted by Crippen LogP contribution is -2.40. The van der Waals surface area contributed by atoms with E-state index in [1.54, 1.807) is 25.3 Å². The molecular formula is C16H24N2O2. The van der Waals surface area contributed by atoms with Crippen molar-refractivity contribution in [1.29, 1.82) is 0 Å². The lowest BCUT2D eigenvalue weighted by Gasteiger charge is -2.35. The van der Waals surface area contributed by atoms with Crippen molar-refractivity contribution in [3.8, 4) is 5.75 Å². The number of nitrogens with two attached hydrogens (primary N) is 1. The molecule has 1 atom stereocenters. The van der Waals surface area contributed by atoms with Crippen LogP contribution < -0.4 is 15.8 Å². The molecule has 1 unspecified atom stereocenters. The fourth-order valence-corrected chi connectivity index (χ4v) is 2.97. The lowest BCUT2D eigenvalue weighted by molar-refractivity contribution is 0.0902. The number of anilines is 1. The van der Waals surface area contributed by atoms with Crippen LogP contribution in [0.25, 0.3) is 0 Å². The van der Waals surface area contributed by atoms with E-state index in [1.807, 2.05) is 0 Å². The van der Waals surface area contributed by atoms with Gasteiger partial charge in [-0.2, -0.15) is 0 Å². The molecule has 0 saturated heterocycles. The normalized spacial score (nSPS) is 21.2. The van der Waals surface area contributed by atoms with E-state index < -0.39 is 0 Å². The standard InChI is InChI=1S/C16H24N2O2/c1-16(2)8-4-5-12(10-16)18-15(19)11-6-7-14(20-3)13(17)9-11/h6-7,9,12H,4-5,8,10,17H2,1-3H3,(H,18,19). The van der Waals surface area contributed by atoms with Gasteiger partial charge in [-0.15, -0.1) is 0 Å². The Morgan fingerprint density at radius 2 is 2.20 bits per heavy atom. The summed E-state index contributed by atoms with van der Waals surface area (Å²) >= 11 is 0. The zero-order chi connectivity index (χ0) is 14.8. The van der Waals surface area contributed by atoms with Crippen molar-refractivity contribution in [2.45, 2.75) is 45.6 Å². The molecule has 0 aliphatic heterocycles. The summed E-state index contributed by atoms with van der Waals surface area (Å²) in [5.41, 5.74) is 7.23. The van der Waals surface area contributed by atoms with Crippen LogP contribution in [0.1, 0.15) is 49.9 Å². The van der Waals surface area contributed by atoms with E-state index in [9.17, 15) is 4.79 Å². The van der Waals surface area contributed by atoms with E-state index >= 15 is 0 Å². The highest BCUT2D eigenvalue weighted by Crippen LogP contribution is 2.35. The highest BCUT2D eigenvalue weighted by molar-refractivity contribution is 5.95. The molecule has 4 heteroatoms. The van der Waals surface area contributed by atoms with Gasteiger partial charge in [0.1, 0.15) is 5.75 Å². The first-order chi connectivity index (χ1) is 9.41. The van der Waals surface area contributed by atoms with Crippen LogP contribution >= 0.6 is 0 Å². The van der Waals surface area contributed by atoms with Gasteiger partial charge in [0.05, 0.1) is 12.8 Å². The summed E-state index contributed by atoms with van der Waals surface area (Å²) in [6, 6.07) is 5.41. The SMILES string of the molecule is COc1ccc(C(=O)NC2CCCC(C)(C)C2)cc1N. The molecule has 1 aromatic rings. The fourth-order valence-electron chi connectivity index (χ4n) is 2.97. The summed E-state index contributed by atoms with van der Waals surface area (Å²) in [5, 5.41) is 3.12. The number of nitrogens with one attached hydrogen (secondary N) is 1. The first kappa shape index (κ1) is 14.7. The molecule has 1 aliphatic carbocycles. The maximum atomic E-state index is 12.3. The average molecular weight is 276 g/mol. The van der Waals surface area contributed by atoms with Crippen LogP contribution in [-0.2, 0) is 0 Å². The number of hydrogen-bond acceptors (Lipinski definition) is 3. The van der Waals surface area contributed by atoms with Crippen LogP contribution in [0.4, 0.5) is 5.69 Å². The summed E-state index contributed by atoms with van der Waals surface area (Å²) in [4.78, 5) is 12.3. The predicted octanol–water partition coefficient (Wildman–Crippen LogP) is 2.98. The molecule has 4 nitrogen and oxygen atoms in total. The Morgan fingerprint density at radius 3 is 2.80 bits per heavy atom. The number of ether oxygens (including phenoxy) is 1. The number of nitrogen functional groups attached to an aromatic ring is 1. The number of rotatable bonds is 3. The second kappa shape index (κ2) is 5.73. The average Bonchev–Trinajstić information content (AvgIpc) is 2.37. The first-order valence-electron chi connectivity index (χ1n) is 7.16. The molecule has 2 rings (SSSR count). The Morgan fingerprint density at radius 1 is 1.45 bits per heavy atom. The van der Waals surface area contributed by atoms with Gasteiger partial charge in [0.2, 0.25) is 0 Å². The third kappa shape index (κ3) is 3.44. The molecule has 1 aliphatic rings. The summed E-state index contributed by atoms with van der Waals surface area (Å²) in [6.07, 6.45) is 4.49. The van der Waals surface area contributed by atoms with E-state index in [4.69, 9.17) is 10.5 Å². The van der Waals surface area contributed by atoms with Crippen molar-refractivity contribution in [1.82, 2.24) is 5.32 Å². The van der Waals surface area contributed by atoms with Crippen LogP contribution in [-0.4, -0.2) is 19.1 Å². The van der Waals surface area contributed by atoms with Crippen LogP contribution in [0, 0.1) is 5.41 Å². The van der Waals surface area contributed by atoms with Crippen molar-refractivity contribution >= 4 is 11.6 Å². The summed E-state index contributed by atoms with van der Waals surface area (Å²) in [7, 11) is 1.57. The Bertz CT molecular complexity index is 497. The molecule has 1 saturated carbocycles. The maximum Gasteiger partial charge on any atom is 0.251 e. The molecular weight excluding hydrogens is 252 g/mol. The van der Waals surface area contributed by atoms with Crippen molar-refractivity contribution in [3.05, 3.63) is 23.8 Å². The molecule has 20 heavy (non-hydrogen) atoms. The van der Waals surface area contributed by atoms with E-state index in [0.29, 0.717) is 22.4 Å². The monoisotopic (exact) mass is 276 g/mol. The van der Waals surface area contributed by atoms with Gasteiger partial charge in [-0.25, -0.2) is 0 Å². The molecule has 110 valence electrons. The van der Waals surface area contributed by atoms with E-state index in [1.165, 1.54) is 12.8 Å². The van der Waals surface area contributed by atoms with Crippen LogP contribution in [0.15, 0.2) is 18.2 Å². The van der Waals surface area contributed by atoms with E-state index in [-0.39, 0.29) is 11.9 Å². The molecule has 0 bridgehead atoms. The van der Waals surface area contributed by atoms with Gasteiger partial charge in [0.15, 0.2) is 0 Å². The fraction of sp³-hybridized carbons (Fsp3) is 0.562. The summed E-state index contributed by atoms with van der Waals surface area (Å²) in [6.45, 7) is 4.52. The maximum absolute atomic E-state index is 12.3. The highest BCUT2D eigenvalue weighted by atomic mass is 16.5. The van der Waals surface area contributed by atoms with Gasteiger partial charge in [-0.05, 0) is 42.9 Å². The van der Waals surface area contributed by atoms with Crippen LogP contribution in [0.2, 0.25) is 0 Å². The Kier molecular flexibility index (Phi) is 4.21. The predicted molar refractivity (Wildman–Crippen MR) is 80.9 cm³/mol. The Balaban J connectivity index is 2.03. The van der Waals surface area contributed by atoms with Gasteiger partial charge in [-0.3, -0.25) is 4.79 Å². The molecule has 1 aromatic carbocycles. The highest BCUT2D eigenvalue weighted by Gasteiger charge is 2.28. The number of amides is 1. The Labute approximate surface area is 120 Å².